The lowest BCUT2D eigenvalue weighted by Gasteiger charge is -2.29. The number of benzene rings is 1. The molecule has 0 saturated carbocycles. The van der Waals surface area contributed by atoms with Crippen LogP contribution in [0.1, 0.15) is 5.56 Å². The number of nitro groups is 1. The van der Waals surface area contributed by atoms with Crippen LogP contribution in [0.15, 0.2) is 24.3 Å². The summed E-state index contributed by atoms with van der Waals surface area (Å²) in [6, 6.07) is 6.95. The van der Waals surface area contributed by atoms with Gasteiger partial charge >= 0.3 is 6.03 Å². The third-order valence-corrected chi connectivity index (χ3v) is 5.07. The summed E-state index contributed by atoms with van der Waals surface area (Å²) in [6.07, 6.45) is 0. The lowest BCUT2D eigenvalue weighted by atomic mass is 10.2. The zero-order chi connectivity index (χ0) is 20.4. The lowest BCUT2D eigenvalue weighted by molar-refractivity contribution is -0.385. The summed E-state index contributed by atoms with van der Waals surface area (Å²) in [6.45, 7) is 1.57. The van der Waals surface area contributed by atoms with Gasteiger partial charge in [-0.2, -0.15) is 17.0 Å². The smallest absolute Gasteiger partial charge is 0.318 e. The van der Waals surface area contributed by atoms with E-state index in [-0.39, 0.29) is 24.0 Å². The van der Waals surface area contributed by atoms with Gasteiger partial charge in [-0.15, -0.1) is 0 Å². The highest BCUT2D eigenvalue weighted by atomic mass is 32.2. The molecule has 0 bridgehead atoms. The number of nitrogens with one attached hydrogen (secondary N) is 2. The van der Waals surface area contributed by atoms with Crippen molar-refractivity contribution in [3.8, 4) is 6.07 Å². The number of thioether (sulfide) groups is 1. The summed E-state index contributed by atoms with van der Waals surface area (Å²) in [5.41, 5.74) is 0.547. The summed E-state index contributed by atoms with van der Waals surface area (Å²) in [5.74, 6) is 0.0460. The first-order valence-electron chi connectivity index (χ1n) is 8.60. The molecule has 0 aromatic heterocycles. The molecule has 1 saturated heterocycles. The van der Waals surface area contributed by atoms with Crippen LogP contribution in [0.25, 0.3) is 0 Å². The molecule has 10 nitrogen and oxygen atoms in total. The monoisotopic (exact) mass is 407 g/mol. The second-order valence-electron chi connectivity index (χ2n) is 5.88. The van der Waals surface area contributed by atoms with Crippen molar-refractivity contribution in [1.82, 2.24) is 15.5 Å². The van der Waals surface area contributed by atoms with E-state index in [1.807, 2.05) is 6.07 Å². The van der Waals surface area contributed by atoms with Gasteiger partial charge in [-0.25, -0.2) is 4.79 Å². The Kier molecular flexibility index (Phi) is 8.51. The molecule has 3 amide bonds. The van der Waals surface area contributed by atoms with Crippen LogP contribution in [0, 0.1) is 21.4 Å². The summed E-state index contributed by atoms with van der Waals surface area (Å²) in [7, 11) is 0. The largest absolute Gasteiger partial charge is 0.378 e. The first-order valence-corrected chi connectivity index (χ1v) is 9.76. The minimum Gasteiger partial charge on any atom is -0.378 e. The highest BCUT2D eigenvalue weighted by Gasteiger charge is 2.25. The van der Waals surface area contributed by atoms with Crippen molar-refractivity contribution in [2.24, 2.45) is 0 Å². The van der Waals surface area contributed by atoms with Crippen LogP contribution in [-0.4, -0.2) is 66.4 Å². The predicted molar refractivity (Wildman–Crippen MR) is 103 cm³/mol. The van der Waals surface area contributed by atoms with Crippen LogP contribution in [0.2, 0.25) is 0 Å². The first kappa shape index (κ1) is 21.5. The summed E-state index contributed by atoms with van der Waals surface area (Å²) in [5, 5.41) is 24.9. The third kappa shape index (κ3) is 6.40. The number of para-hydroxylation sites is 1. The van der Waals surface area contributed by atoms with E-state index in [0.717, 1.165) is 0 Å². The number of nitrogens with zero attached hydrogens (tertiary/aromatic N) is 3. The number of nitriles is 1. The maximum absolute atomic E-state index is 12.4. The Balaban J connectivity index is 1.97. The van der Waals surface area contributed by atoms with Crippen molar-refractivity contribution in [2.45, 2.75) is 11.8 Å². The van der Waals surface area contributed by atoms with E-state index in [1.165, 1.54) is 17.8 Å². The summed E-state index contributed by atoms with van der Waals surface area (Å²) in [4.78, 5) is 36.9. The zero-order valence-corrected chi connectivity index (χ0v) is 15.9. The molecule has 2 rings (SSSR count). The van der Waals surface area contributed by atoms with E-state index in [2.05, 4.69) is 10.6 Å². The summed E-state index contributed by atoms with van der Waals surface area (Å²) >= 11 is 1.29. The van der Waals surface area contributed by atoms with E-state index >= 15 is 0 Å². The highest BCUT2D eigenvalue weighted by Crippen LogP contribution is 2.23. The number of urea groups is 1. The van der Waals surface area contributed by atoms with Crippen LogP contribution in [0.5, 0.6) is 0 Å². The van der Waals surface area contributed by atoms with E-state index in [9.17, 15) is 19.7 Å². The molecule has 1 unspecified atom stereocenters. The highest BCUT2D eigenvalue weighted by molar-refractivity contribution is 7.98. The Labute approximate surface area is 166 Å². The van der Waals surface area contributed by atoms with Crippen LogP contribution >= 0.6 is 11.8 Å². The Morgan fingerprint density at radius 2 is 2.07 bits per heavy atom. The Morgan fingerprint density at radius 1 is 1.36 bits per heavy atom. The van der Waals surface area contributed by atoms with Crippen LogP contribution in [-0.2, 0) is 15.3 Å². The molecular formula is C17H21N5O5S. The van der Waals surface area contributed by atoms with E-state index in [1.54, 1.807) is 23.1 Å². The molecule has 2 N–H and O–H groups in total. The molecule has 1 fully saturated rings. The summed E-state index contributed by atoms with van der Waals surface area (Å²) < 4.78 is 5.20. The molecule has 0 spiro atoms. The Hall–Kier alpha value is -2.84. The van der Waals surface area contributed by atoms with Gasteiger partial charge < -0.3 is 20.3 Å². The van der Waals surface area contributed by atoms with Crippen molar-refractivity contribution in [3.05, 3.63) is 39.9 Å². The molecule has 1 heterocycles. The van der Waals surface area contributed by atoms with Gasteiger partial charge in [-0.1, -0.05) is 18.2 Å². The molecule has 0 radical (unpaired) electrons. The molecule has 28 heavy (non-hydrogen) atoms. The molecule has 1 aliphatic heterocycles. The molecule has 0 aliphatic carbocycles. The number of nitro benzene ring substituents is 1. The average Bonchev–Trinajstić information content (AvgIpc) is 2.72. The number of carbonyl (C=O) groups is 2. The lowest BCUT2D eigenvalue weighted by Crippen LogP contribution is -2.54. The topological polar surface area (TPSA) is 138 Å². The maximum Gasteiger partial charge on any atom is 0.318 e. The maximum atomic E-state index is 12.4. The molecule has 1 aromatic rings. The fourth-order valence-corrected chi connectivity index (χ4v) is 3.59. The van der Waals surface area contributed by atoms with Crippen molar-refractivity contribution in [2.75, 3.05) is 38.6 Å². The molecule has 1 aliphatic rings. The molecular weight excluding hydrogens is 386 g/mol. The van der Waals surface area contributed by atoms with Gasteiger partial charge in [-0.3, -0.25) is 14.9 Å². The fraction of sp³-hybridized carbons (Fsp3) is 0.471. The standard InChI is InChI=1S/C17H21N5O5S/c18-5-6-19-16(23)14(20-17(24)21-7-9-27-10-8-21)12-28-11-13-3-1-2-4-15(13)22(25)26/h1-4,14H,6-12H2,(H,19,23)(H,20,24). The number of ether oxygens (including phenoxy) is 1. The average molecular weight is 407 g/mol. The van der Waals surface area contributed by atoms with Gasteiger partial charge in [0.05, 0.1) is 24.2 Å². The van der Waals surface area contributed by atoms with Crippen molar-refractivity contribution < 1.29 is 19.2 Å². The minimum atomic E-state index is -0.864. The van der Waals surface area contributed by atoms with Gasteiger partial charge in [0, 0.05) is 36.2 Å². The van der Waals surface area contributed by atoms with Crippen LogP contribution in [0.3, 0.4) is 0 Å². The van der Waals surface area contributed by atoms with Gasteiger partial charge in [0.25, 0.3) is 5.69 Å². The fourth-order valence-electron chi connectivity index (χ4n) is 2.54. The second kappa shape index (κ2) is 11.1. The van der Waals surface area contributed by atoms with E-state index in [4.69, 9.17) is 10.00 Å². The van der Waals surface area contributed by atoms with Crippen LogP contribution in [0.4, 0.5) is 10.5 Å². The van der Waals surface area contributed by atoms with Crippen LogP contribution < -0.4 is 10.6 Å². The number of hydrogen-bond donors (Lipinski definition) is 2. The van der Waals surface area contributed by atoms with Gasteiger partial charge in [0.15, 0.2) is 0 Å². The number of morpholine rings is 1. The minimum absolute atomic E-state index is 0.0119. The van der Waals surface area contributed by atoms with Crippen molar-refractivity contribution in [1.29, 1.82) is 5.26 Å². The van der Waals surface area contributed by atoms with Gasteiger partial charge in [-0.05, 0) is 0 Å². The molecule has 150 valence electrons. The Bertz CT molecular complexity index is 748. The first-order chi connectivity index (χ1) is 13.5. The van der Waals surface area contributed by atoms with E-state index in [0.29, 0.717) is 37.6 Å². The van der Waals surface area contributed by atoms with E-state index < -0.39 is 16.9 Å². The van der Waals surface area contributed by atoms with Crippen molar-refractivity contribution >= 4 is 29.4 Å². The number of hydrogen-bond acceptors (Lipinski definition) is 7. The normalized spacial score (nSPS) is 14.6. The molecule has 1 aromatic carbocycles. The predicted octanol–water partition coefficient (Wildman–Crippen LogP) is 0.878. The zero-order valence-electron chi connectivity index (χ0n) is 15.1. The van der Waals surface area contributed by atoms with Crippen molar-refractivity contribution in [3.63, 3.8) is 0 Å². The second-order valence-corrected chi connectivity index (χ2v) is 6.91. The molecule has 1 atom stereocenters. The SMILES string of the molecule is N#CCNC(=O)C(CSCc1ccccc1[N+](=O)[O-])NC(=O)N1CCOCC1. The third-order valence-electron chi connectivity index (χ3n) is 3.98. The quantitative estimate of drug-likeness (QED) is 0.371. The van der Waals surface area contributed by atoms with Gasteiger partial charge in [0.1, 0.15) is 12.6 Å². The molecule has 11 heteroatoms. The van der Waals surface area contributed by atoms with Gasteiger partial charge in [0.2, 0.25) is 5.91 Å². The number of carbonyl (C=O) groups excluding carboxylic acids is 2. The number of amides is 3. The number of rotatable bonds is 8. The Morgan fingerprint density at radius 3 is 2.75 bits per heavy atom.